The normalized spacial score (nSPS) is 11.4. The van der Waals surface area contributed by atoms with Crippen LogP contribution in [-0.4, -0.2) is 11.4 Å². The molecule has 0 heterocycles. The molecule has 0 radical (unpaired) electrons. The van der Waals surface area contributed by atoms with Crippen molar-refractivity contribution in [3.8, 4) is 0 Å². The quantitative estimate of drug-likeness (QED) is 0.833. The van der Waals surface area contributed by atoms with Crippen LogP contribution in [0.15, 0.2) is 21.1 Å². The third-order valence-corrected chi connectivity index (χ3v) is 3.70. The Morgan fingerprint density at radius 1 is 1.33 bits per heavy atom. The van der Waals surface area contributed by atoms with Crippen LogP contribution in [0.5, 0.6) is 0 Å². The minimum absolute atomic E-state index is 0.0289. The van der Waals surface area contributed by atoms with E-state index in [2.05, 4.69) is 37.2 Å². The first kappa shape index (κ1) is 15.7. The monoisotopic (exact) mass is 376 g/mol. The minimum Gasteiger partial charge on any atom is -0.326 e. The van der Waals surface area contributed by atoms with Crippen LogP contribution in [0.3, 0.4) is 0 Å². The number of nitrogens with one attached hydrogen (secondary N) is 1. The number of amides is 1. The maximum absolute atomic E-state index is 11.8. The zero-order valence-electron chi connectivity index (χ0n) is 10.8. The summed E-state index contributed by atoms with van der Waals surface area (Å²) in [5.74, 6) is -0.0289. The molecule has 100 valence electrons. The van der Waals surface area contributed by atoms with Gasteiger partial charge in [0.2, 0.25) is 5.91 Å². The molecular formula is C13H18Br2N2O. The average Bonchev–Trinajstić information content (AvgIpc) is 2.19. The highest BCUT2D eigenvalue weighted by Crippen LogP contribution is 2.32. The molecule has 1 aromatic rings. The molecule has 5 heteroatoms. The number of halogens is 2. The van der Waals surface area contributed by atoms with Gasteiger partial charge in [-0.1, -0.05) is 0 Å². The molecule has 0 aliphatic carbocycles. The Kier molecular flexibility index (Phi) is 5.37. The number of aryl methyl sites for hydroxylation is 1. The predicted octanol–water partition coefficient (Wildman–Crippen LogP) is 3.98. The third kappa shape index (κ3) is 5.08. The number of carbonyl (C=O) groups is 1. The molecule has 3 N–H and O–H groups in total. The highest BCUT2D eigenvalue weighted by Gasteiger charge is 2.15. The van der Waals surface area contributed by atoms with Crippen molar-refractivity contribution in [3.63, 3.8) is 0 Å². The first-order valence-corrected chi connectivity index (χ1v) is 7.32. The molecule has 1 rings (SSSR count). The van der Waals surface area contributed by atoms with E-state index in [-0.39, 0.29) is 11.4 Å². The molecule has 1 aromatic carbocycles. The van der Waals surface area contributed by atoms with Gasteiger partial charge in [-0.3, -0.25) is 4.79 Å². The van der Waals surface area contributed by atoms with Crippen LogP contribution in [0.2, 0.25) is 0 Å². The van der Waals surface area contributed by atoms with E-state index in [4.69, 9.17) is 5.73 Å². The number of nitrogens with two attached hydrogens (primary N) is 1. The predicted molar refractivity (Wildman–Crippen MR) is 82.7 cm³/mol. The van der Waals surface area contributed by atoms with Crippen molar-refractivity contribution >= 4 is 43.5 Å². The Labute approximate surface area is 125 Å². The van der Waals surface area contributed by atoms with Crippen molar-refractivity contribution in [1.82, 2.24) is 0 Å². The largest absolute Gasteiger partial charge is 0.326 e. The van der Waals surface area contributed by atoms with Gasteiger partial charge in [0.25, 0.3) is 0 Å². The number of hydrogen-bond acceptors (Lipinski definition) is 2. The van der Waals surface area contributed by atoms with E-state index < -0.39 is 0 Å². The molecule has 0 saturated heterocycles. The van der Waals surface area contributed by atoms with Crippen LogP contribution in [0.4, 0.5) is 5.69 Å². The third-order valence-electron chi connectivity index (χ3n) is 2.45. The van der Waals surface area contributed by atoms with Gasteiger partial charge in [0, 0.05) is 20.9 Å². The van der Waals surface area contributed by atoms with Crippen molar-refractivity contribution < 1.29 is 4.79 Å². The van der Waals surface area contributed by atoms with E-state index in [0.29, 0.717) is 12.8 Å². The second-order valence-corrected chi connectivity index (χ2v) is 6.85. The van der Waals surface area contributed by atoms with Crippen molar-refractivity contribution in [2.45, 2.75) is 39.2 Å². The Morgan fingerprint density at radius 3 is 2.28 bits per heavy atom. The summed E-state index contributed by atoms with van der Waals surface area (Å²) >= 11 is 6.90. The van der Waals surface area contributed by atoms with E-state index in [1.165, 1.54) is 0 Å². The summed E-state index contributed by atoms with van der Waals surface area (Å²) in [6.07, 6.45) is 1.07. The van der Waals surface area contributed by atoms with Crippen LogP contribution < -0.4 is 11.1 Å². The van der Waals surface area contributed by atoms with Crippen LogP contribution in [-0.2, 0) is 4.79 Å². The lowest BCUT2D eigenvalue weighted by Crippen LogP contribution is -2.33. The Balaban J connectivity index is 2.71. The number of carbonyl (C=O) groups excluding carboxylic acids is 1. The van der Waals surface area contributed by atoms with E-state index in [1.807, 2.05) is 32.9 Å². The standard InChI is InChI=1S/C13H18Br2N2O/c1-8-6-9(14)12(10(15)7-8)17-11(18)4-5-13(2,3)16/h6-7H,4-5,16H2,1-3H3,(H,17,18). The van der Waals surface area contributed by atoms with E-state index in [0.717, 1.165) is 20.2 Å². The molecule has 0 spiro atoms. The molecule has 18 heavy (non-hydrogen) atoms. The number of benzene rings is 1. The van der Waals surface area contributed by atoms with Crippen LogP contribution in [0.25, 0.3) is 0 Å². The summed E-state index contributed by atoms with van der Waals surface area (Å²) in [4.78, 5) is 11.8. The van der Waals surface area contributed by atoms with Gasteiger partial charge in [-0.2, -0.15) is 0 Å². The fourth-order valence-corrected chi connectivity index (χ4v) is 3.07. The van der Waals surface area contributed by atoms with Gasteiger partial charge < -0.3 is 11.1 Å². The first-order valence-electron chi connectivity index (χ1n) is 5.73. The summed E-state index contributed by atoms with van der Waals surface area (Å²) in [5, 5.41) is 2.89. The second-order valence-electron chi connectivity index (χ2n) is 5.14. The van der Waals surface area contributed by atoms with Crippen LogP contribution >= 0.6 is 31.9 Å². The first-order chi connectivity index (χ1) is 8.19. The number of hydrogen-bond donors (Lipinski definition) is 2. The molecule has 0 bridgehead atoms. The highest BCUT2D eigenvalue weighted by molar-refractivity contribution is 9.11. The SMILES string of the molecule is Cc1cc(Br)c(NC(=O)CCC(C)(C)N)c(Br)c1. The molecule has 0 saturated carbocycles. The lowest BCUT2D eigenvalue weighted by molar-refractivity contribution is -0.116. The number of rotatable bonds is 4. The summed E-state index contributed by atoms with van der Waals surface area (Å²) < 4.78 is 1.74. The zero-order chi connectivity index (χ0) is 13.9. The van der Waals surface area contributed by atoms with Crippen molar-refractivity contribution in [3.05, 3.63) is 26.6 Å². The second kappa shape index (κ2) is 6.17. The average molecular weight is 378 g/mol. The summed E-state index contributed by atoms with van der Waals surface area (Å²) in [6, 6.07) is 3.93. The fraction of sp³-hybridized carbons (Fsp3) is 0.462. The number of anilines is 1. The van der Waals surface area contributed by atoms with Crippen LogP contribution in [0.1, 0.15) is 32.3 Å². The van der Waals surface area contributed by atoms with Gasteiger partial charge in [0.1, 0.15) is 0 Å². The fourth-order valence-electron chi connectivity index (χ4n) is 1.46. The van der Waals surface area contributed by atoms with Crippen molar-refractivity contribution in [2.24, 2.45) is 5.73 Å². The van der Waals surface area contributed by atoms with E-state index >= 15 is 0 Å². The molecule has 1 amide bonds. The molecule has 3 nitrogen and oxygen atoms in total. The van der Waals surface area contributed by atoms with Crippen molar-refractivity contribution in [1.29, 1.82) is 0 Å². The smallest absolute Gasteiger partial charge is 0.224 e. The maximum Gasteiger partial charge on any atom is 0.224 e. The summed E-state index contributed by atoms with van der Waals surface area (Å²) in [5.41, 5.74) is 7.42. The van der Waals surface area contributed by atoms with Gasteiger partial charge in [0.15, 0.2) is 0 Å². The van der Waals surface area contributed by atoms with Gasteiger partial charge in [-0.05, 0) is 76.7 Å². The molecule has 0 atom stereocenters. The molecule has 0 aromatic heterocycles. The Hall–Kier alpha value is -0.390. The van der Waals surface area contributed by atoms with Crippen LogP contribution in [0, 0.1) is 6.92 Å². The lowest BCUT2D eigenvalue weighted by atomic mass is 10.00. The molecule has 0 aliphatic rings. The van der Waals surface area contributed by atoms with Crippen molar-refractivity contribution in [2.75, 3.05) is 5.32 Å². The van der Waals surface area contributed by atoms with Gasteiger partial charge in [-0.15, -0.1) is 0 Å². The van der Waals surface area contributed by atoms with E-state index in [1.54, 1.807) is 0 Å². The topological polar surface area (TPSA) is 55.1 Å². The lowest BCUT2D eigenvalue weighted by Gasteiger charge is -2.18. The molecule has 0 unspecified atom stereocenters. The molecule has 0 fully saturated rings. The molecular weight excluding hydrogens is 360 g/mol. The minimum atomic E-state index is -0.320. The summed E-state index contributed by atoms with van der Waals surface area (Å²) in [6.45, 7) is 5.83. The zero-order valence-corrected chi connectivity index (χ0v) is 14.0. The van der Waals surface area contributed by atoms with E-state index in [9.17, 15) is 4.79 Å². The highest BCUT2D eigenvalue weighted by atomic mass is 79.9. The molecule has 0 aliphatic heterocycles. The Morgan fingerprint density at radius 2 is 1.83 bits per heavy atom. The summed E-state index contributed by atoms with van der Waals surface area (Å²) in [7, 11) is 0. The Bertz CT molecular complexity index is 430. The van der Waals surface area contributed by atoms with Gasteiger partial charge in [0.05, 0.1) is 5.69 Å². The van der Waals surface area contributed by atoms with Gasteiger partial charge in [-0.25, -0.2) is 0 Å². The van der Waals surface area contributed by atoms with Gasteiger partial charge >= 0.3 is 0 Å². The maximum atomic E-state index is 11.8.